The van der Waals surface area contributed by atoms with Crippen LogP contribution in [0.3, 0.4) is 0 Å². The van der Waals surface area contributed by atoms with Gasteiger partial charge in [0.2, 0.25) is 11.8 Å². The predicted octanol–water partition coefficient (Wildman–Crippen LogP) is 1.38. The number of aryl methyl sites for hydroxylation is 1. The van der Waals surface area contributed by atoms with Crippen molar-refractivity contribution in [2.24, 2.45) is 5.92 Å². The average Bonchev–Trinajstić information content (AvgIpc) is 3.30. The summed E-state index contributed by atoms with van der Waals surface area (Å²) in [4.78, 5) is 30.6. The van der Waals surface area contributed by atoms with E-state index in [0.29, 0.717) is 26.2 Å². The Bertz CT molecular complexity index is 971. The topological polar surface area (TPSA) is 93.0 Å². The minimum absolute atomic E-state index is 0.000103. The molecule has 144 valence electrons. The largest absolute Gasteiger partial charge is 0.356 e. The van der Waals surface area contributed by atoms with Crippen molar-refractivity contribution in [1.29, 1.82) is 0 Å². The van der Waals surface area contributed by atoms with Crippen LogP contribution >= 0.6 is 0 Å². The van der Waals surface area contributed by atoms with Crippen LogP contribution < -0.4 is 5.32 Å². The van der Waals surface area contributed by atoms with Gasteiger partial charge in [0.1, 0.15) is 5.52 Å². The molecule has 1 N–H and O–H groups in total. The molecule has 0 aliphatic carbocycles. The van der Waals surface area contributed by atoms with E-state index in [4.69, 9.17) is 0 Å². The van der Waals surface area contributed by atoms with Crippen molar-refractivity contribution in [3.8, 4) is 0 Å². The zero-order valence-electron chi connectivity index (χ0n) is 15.5. The number of nitrogens with one attached hydrogen (secondary N) is 1. The average molecular weight is 378 g/mol. The first-order valence-corrected chi connectivity index (χ1v) is 9.44. The lowest BCUT2D eigenvalue weighted by Gasteiger charge is -2.16. The molecule has 0 bridgehead atoms. The number of fused-ring (bicyclic) bond motifs is 1. The van der Waals surface area contributed by atoms with Crippen molar-refractivity contribution >= 4 is 22.8 Å². The van der Waals surface area contributed by atoms with Gasteiger partial charge in [0.25, 0.3) is 0 Å². The van der Waals surface area contributed by atoms with E-state index in [-0.39, 0.29) is 24.2 Å². The Morgan fingerprint density at radius 3 is 2.89 bits per heavy atom. The minimum atomic E-state index is -0.302. The summed E-state index contributed by atoms with van der Waals surface area (Å²) in [7, 11) is 0. The first kappa shape index (κ1) is 18.1. The van der Waals surface area contributed by atoms with Crippen molar-refractivity contribution in [1.82, 2.24) is 30.2 Å². The summed E-state index contributed by atoms with van der Waals surface area (Å²) in [5.41, 5.74) is 2.68. The second kappa shape index (κ2) is 8.16. The van der Waals surface area contributed by atoms with Gasteiger partial charge in [-0.05, 0) is 30.7 Å². The summed E-state index contributed by atoms with van der Waals surface area (Å²) in [6.07, 6.45) is 2.71. The fourth-order valence-corrected chi connectivity index (χ4v) is 3.46. The third-order valence-electron chi connectivity index (χ3n) is 4.93. The molecule has 8 nitrogen and oxygen atoms in total. The Labute approximate surface area is 162 Å². The van der Waals surface area contributed by atoms with E-state index < -0.39 is 0 Å². The first-order chi connectivity index (χ1) is 13.7. The molecule has 1 saturated heterocycles. The van der Waals surface area contributed by atoms with Crippen LogP contribution in [0.2, 0.25) is 0 Å². The highest BCUT2D eigenvalue weighted by atomic mass is 16.2. The molecule has 4 rings (SSSR count). The molecule has 3 aromatic rings. The molecule has 0 radical (unpaired) electrons. The molecule has 1 aromatic carbocycles. The highest BCUT2D eigenvalue weighted by Crippen LogP contribution is 2.19. The number of para-hydroxylation sites is 1. The maximum atomic E-state index is 12.4. The molecule has 0 saturated carbocycles. The summed E-state index contributed by atoms with van der Waals surface area (Å²) >= 11 is 0. The van der Waals surface area contributed by atoms with Gasteiger partial charge in [-0.15, -0.1) is 5.10 Å². The van der Waals surface area contributed by atoms with E-state index in [9.17, 15) is 9.59 Å². The molecule has 1 atom stereocenters. The van der Waals surface area contributed by atoms with Crippen LogP contribution in [0, 0.1) is 5.92 Å². The molecular formula is C20H22N6O2. The molecule has 1 aliphatic heterocycles. The number of carbonyl (C=O) groups is 2. The van der Waals surface area contributed by atoms with E-state index in [0.717, 1.165) is 23.1 Å². The van der Waals surface area contributed by atoms with Gasteiger partial charge in [-0.2, -0.15) is 0 Å². The summed E-state index contributed by atoms with van der Waals surface area (Å²) in [5, 5.41) is 11.2. The predicted molar refractivity (Wildman–Crippen MR) is 103 cm³/mol. The second-order valence-corrected chi connectivity index (χ2v) is 6.94. The Kier molecular flexibility index (Phi) is 5.27. The van der Waals surface area contributed by atoms with Gasteiger partial charge in [-0.1, -0.05) is 23.4 Å². The standard InChI is InChI=1S/C20H22N6O2/c27-19-12-15(13-25(19)14-16-6-3-4-9-21-16)20(28)22-10-5-11-26-18-8-2-1-7-17(18)23-24-26/h1-4,6-9,15H,5,10-14H2,(H,22,28)/t15-/m1/s1. The third kappa shape index (κ3) is 4.00. The van der Waals surface area contributed by atoms with Crippen LogP contribution in [-0.2, 0) is 22.7 Å². The summed E-state index contributed by atoms with van der Waals surface area (Å²) in [5.74, 6) is -0.372. The van der Waals surface area contributed by atoms with Crippen molar-refractivity contribution < 1.29 is 9.59 Å². The Balaban J connectivity index is 1.23. The maximum absolute atomic E-state index is 12.4. The van der Waals surface area contributed by atoms with Crippen LogP contribution in [-0.4, -0.2) is 49.8 Å². The lowest BCUT2D eigenvalue weighted by atomic mass is 10.1. The maximum Gasteiger partial charge on any atom is 0.225 e. The molecule has 3 heterocycles. The van der Waals surface area contributed by atoms with Gasteiger partial charge in [-0.25, -0.2) is 4.68 Å². The molecule has 28 heavy (non-hydrogen) atoms. The second-order valence-electron chi connectivity index (χ2n) is 6.94. The van der Waals surface area contributed by atoms with Crippen LogP contribution in [0.4, 0.5) is 0 Å². The number of aromatic nitrogens is 4. The smallest absolute Gasteiger partial charge is 0.225 e. The highest BCUT2D eigenvalue weighted by Gasteiger charge is 2.34. The monoisotopic (exact) mass is 378 g/mol. The Morgan fingerprint density at radius 2 is 2.04 bits per heavy atom. The van der Waals surface area contributed by atoms with Crippen molar-refractivity contribution in [3.63, 3.8) is 0 Å². The molecule has 2 amide bonds. The number of nitrogens with zero attached hydrogens (tertiary/aromatic N) is 5. The van der Waals surface area contributed by atoms with Gasteiger partial charge in [0.05, 0.1) is 23.7 Å². The number of likely N-dealkylation sites (tertiary alicyclic amines) is 1. The highest BCUT2D eigenvalue weighted by molar-refractivity contribution is 5.89. The first-order valence-electron chi connectivity index (χ1n) is 9.44. The number of rotatable bonds is 7. The van der Waals surface area contributed by atoms with Crippen LogP contribution in [0.25, 0.3) is 11.0 Å². The number of carbonyl (C=O) groups excluding carboxylic acids is 2. The van der Waals surface area contributed by atoms with Gasteiger partial charge >= 0.3 is 0 Å². The van der Waals surface area contributed by atoms with Crippen LogP contribution in [0.15, 0.2) is 48.7 Å². The summed E-state index contributed by atoms with van der Waals surface area (Å²) < 4.78 is 1.84. The van der Waals surface area contributed by atoms with Crippen molar-refractivity contribution in [3.05, 3.63) is 54.4 Å². The number of hydrogen-bond donors (Lipinski definition) is 1. The normalized spacial score (nSPS) is 16.6. The van der Waals surface area contributed by atoms with Crippen LogP contribution in [0.1, 0.15) is 18.5 Å². The molecule has 2 aromatic heterocycles. The van der Waals surface area contributed by atoms with E-state index >= 15 is 0 Å². The minimum Gasteiger partial charge on any atom is -0.356 e. The molecule has 1 aliphatic rings. The zero-order valence-corrected chi connectivity index (χ0v) is 15.5. The lowest BCUT2D eigenvalue weighted by Crippen LogP contribution is -2.33. The number of benzene rings is 1. The van der Waals surface area contributed by atoms with Crippen molar-refractivity contribution in [2.75, 3.05) is 13.1 Å². The van der Waals surface area contributed by atoms with Crippen molar-refractivity contribution in [2.45, 2.75) is 25.9 Å². The van der Waals surface area contributed by atoms with Gasteiger partial charge in [-0.3, -0.25) is 14.6 Å². The zero-order chi connectivity index (χ0) is 19.3. The third-order valence-corrected chi connectivity index (χ3v) is 4.93. The Hall–Kier alpha value is -3.29. The molecule has 0 unspecified atom stereocenters. The fraction of sp³-hybridized carbons (Fsp3) is 0.350. The molecule has 8 heteroatoms. The Morgan fingerprint density at radius 1 is 1.18 bits per heavy atom. The number of pyridine rings is 1. The van der Waals surface area contributed by atoms with Crippen LogP contribution in [0.5, 0.6) is 0 Å². The fourth-order valence-electron chi connectivity index (χ4n) is 3.46. The van der Waals surface area contributed by atoms with E-state index in [2.05, 4.69) is 20.6 Å². The van der Waals surface area contributed by atoms with E-state index in [1.807, 2.05) is 47.1 Å². The lowest BCUT2D eigenvalue weighted by molar-refractivity contribution is -0.129. The van der Waals surface area contributed by atoms with E-state index in [1.165, 1.54) is 0 Å². The SMILES string of the molecule is O=C(NCCCn1nnc2ccccc21)[C@@H]1CC(=O)N(Cc2ccccn2)C1. The van der Waals surface area contributed by atoms with Gasteiger partial charge in [0, 0.05) is 32.3 Å². The van der Waals surface area contributed by atoms with Gasteiger partial charge < -0.3 is 10.2 Å². The molecule has 1 fully saturated rings. The quantitative estimate of drug-likeness (QED) is 0.627. The molecule has 0 spiro atoms. The molecular weight excluding hydrogens is 356 g/mol. The number of amides is 2. The van der Waals surface area contributed by atoms with E-state index in [1.54, 1.807) is 11.1 Å². The van der Waals surface area contributed by atoms with Gasteiger partial charge in [0.15, 0.2) is 0 Å². The summed E-state index contributed by atoms with van der Waals surface area (Å²) in [6.45, 7) is 2.10. The summed E-state index contributed by atoms with van der Waals surface area (Å²) in [6, 6.07) is 13.4. The number of hydrogen-bond acceptors (Lipinski definition) is 5.